The molecule has 0 aliphatic carbocycles. The molecular weight excluding hydrogens is 356 g/mol. The molecule has 0 spiro atoms. The van der Waals surface area contributed by atoms with Crippen LogP contribution in [-0.4, -0.2) is 31.2 Å². The lowest BCUT2D eigenvalue weighted by Gasteiger charge is -2.10. The monoisotopic (exact) mass is 374 g/mol. The van der Waals surface area contributed by atoms with Crippen LogP contribution >= 0.6 is 0 Å². The quantitative estimate of drug-likeness (QED) is 0.649. The fraction of sp³-hybridized carbons (Fsp3) is 0.176. The molecule has 0 aliphatic rings. The number of aromatic nitrogens is 2. The Labute approximate surface area is 150 Å². The Morgan fingerprint density at radius 2 is 1.92 bits per heavy atom. The van der Waals surface area contributed by atoms with Crippen LogP contribution in [0.1, 0.15) is 21.7 Å². The third-order valence-corrected chi connectivity index (χ3v) is 5.07. The van der Waals surface area contributed by atoms with E-state index < -0.39 is 15.9 Å². The van der Waals surface area contributed by atoms with Crippen LogP contribution in [0.4, 0.5) is 0 Å². The number of sulfonamides is 1. The van der Waals surface area contributed by atoms with Gasteiger partial charge in [-0.1, -0.05) is 24.3 Å². The number of carbonyl (C=O) groups excluding carboxylic acids is 1. The Hall–Kier alpha value is -2.91. The summed E-state index contributed by atoms with van der Waals surface area (Å²) >= 11 is 0. The van der Waals surface area contributed by atoms with Crippen molar-refractivity contribution in [2.75, 3.05) is 7.05 Å². The third kappa shape index (κ3) is 4.01. The minimum Gasteiger partial charge on any atom is -0.438 e. The summed E-state index contributed by atoms with van der Waals surface area (Å²) in [5.41, 5.74) is 1.96. The maximum Gasteiger partial charge on any atom is 0.287 e. The average Bonchev–Trinajstić information content (AvgIpc) is 3.33. The lowest BCUT2D eigenvalue weighted by molar-refractivity contribution is 0.0917. The number of furan rings is 1. The van der Waals surface area contributed by atoms with E-state index >= 15 is 0 Å². The van der Waals surface area contributed by atoms with Gasteiger partial charge in [0.25, 0.3) is 15.9 Å². The standard InChI is InChI=1S/C17H18N4O4S/c1-18-26(23,24)16-8-7-15(25-16)17(22)19-11-13-5-2-3-6-14(13)12-21-10-4-9-20-21/h2-10,18H,11-12H2,1H3,(H,19,22). The predicted octanol–water partition coefficient (Wildman–Crippen LogP) is 1.36. The Bertz CT molecular complexity index is 993. The van der Waals surface area contributed by atoms with Crippen LogP contribution in [0.2, 0.25) is 0 Å². The molecule has 0 saturated heterocycles. The number of hydrogen-bond donors (Lipinski definition) is 2. The van der Waals surface area contributed by atoms with E-state index in [1.165, 1.54) is 19.2 Å². The van der Waals surface area contributed by atoms with Gasteiger partial charge in [-0.2, -0.15) is 5.10 Å². The molecule has 3 aromatic rings. The van der Waals surface area contributed by atoms with E-state index in [2.05, 4.69) is 15.1 Å². The van der Waals surface area contributed by atoms with Gasteiger partial charge in [0.15, 0.2) is 5.76 Å². The van der Waals surface area contributed by atoms with Crippen molar-refractivity contribution in [2.45, 2.75) is 18.2 Å². The summed E-state index contributed by atoms with van der Waals surface area (Å²) in [7, 11) is -2.45. The fourth-order valence-electron chi connectivity index (χ4n) is 2.40. The zero-order valence-electron chi connectivity index (χ0n) is 14.0. The van der Waals surface area contributed by atoms with Gasteiger partial charge in [-0.05, 0) is 36.4 Å². The molecule has 2 aromatic heterocycles. The van der Waals surface area contributed by atoms with Gasteiger partial charge in [-0.3, -0.25) is 9.48 Å². The van der Waals surface area contributed by atoms with E-state index in [0.29, 0.717) is 6.54 Å². The van der Waals surface area contributed by atoms with Crippen LogP contribution in [0.15, 0.2) is 64.4 Å². The van der Waals surface area contributed by atoms with Crippen LogP contribution in [0.3, 0.4) is 0 Å². The van der Waals surface area contributed by atoms with Crippen molar-refractivity contribution in [1.29, 1.82) is 0 Å². The van der Waals surface area contributed by atoms with E-state index in [4.69, 9.17) is 4.42 Å². The van der Waals surface area contributed by atoms with Gasteiger partial charge in [-0.15, -0.1) is 0 Å². The Kier molecular flexibility index (Phi) is 5.19. The molecule has 9 heteroatoms. The zero-order valence-corrected chi connectivity index (χ0v) is 14.9. The van der Waals surface area contributed by atoms with Crippen LogP contribution in [-0.2, 0) is 23.1 Å². The molecule has 0 saturated carbocycles. The second kappa shape index (κ2) is 7.54. The van der Waals surface area contributed by atoms with Crippen molar-refractivity contribution >= 4 is 15.9 Å². The second-order valence-corrected chi connectivity index (χ2v) is 7.30. The lowest BCUT2D eigenvalue weighted by atomic mass is 10.1. The maximum absolute atomic E-state index is 12.2. The number of carbonyl (C=O) groups is 1. The van der Waals surface area contributed by atoms with Gasteiger partial charge in [0.1, 0.15) is 0 Å². The molecule has 3 rings (SSSR count). The maximum atomic E-state index is 12.2. The van der Waals surface area contributed by atoms with Gasteiger partial charge >= 0.3 is 0 Å². The molecule has 0 atom stereocenters. The molecule has 1 amide bonds. The Balaban J connectivity index is 1.69. The third-order valence-electron chi connectivity index (χ3n) is 3.79. The van der Waals surface area contributed by atoms with Crippen LogP contribution in [0.5, 0.6) is 0 Å². The van der Waals surface area contributed by atoms with Crippen molar-refractivity contribution < 1.29 is 17.6 Å². The van der Waals surface area contributed by atoms with Crippen molar-refractivity contribution in [3.05, 3.63) is 71.7 Å². The van der Waals surface area contributed by atoms with Gasteiger partial charge in [0.2, 0.25) is 5.09 Å². The second-order valence-electron chi connectivity index (χ2n) is 5.48. The highest BCUT2D eigenvalue weighted by molar-refractivity contribution is 7.89. The summed E-state index contributed by atoms with van der Waals surface area (Å²) in [6, 6.07) is 12.1. The fourth-order valence-corrected chi connectivity index (χ4v) is 3.05. The van der Waals surface area contributed by atoms with Crippen molar-refractivity contribution in [1.82, 2.24) is 19.8 Å². The number of hydrogen-bond acceptors (Lipinski definition) is 5. The lowest BCUT2D eigenvalue weighted by Crippen LogP contribution is -2.23. The Morgan fingerprint density at radius 3 is 2.62 bits per heavy atom. The molecule has 2 N–H and O–H groups in total. The number of benzene rings is 1. The van der Waals surface area contributed by atoms with E-state index in [9.17, 15) is 13.2 Å². The van der Waals surface area contributed by atoms with Gasteiger partial charge in [0, 0.05) is 18.9 Å². The summed E-state index contributed by atoms with van der Waals surface area (Å²) < 4.78 is 32.4. The first kappa shape index (κ1) is 17.9. The number of amides is 1. The van der Waals surface area contributed by atoms with Crippen molar-refractivity contribution in [2.24, 2.45) is 0 Å². The molecule has 0 aliphatic heterocycles. The molecule has 0 radical (unpaired) electrons. The first-order chi connectivity index (χ1) is 12.5. The molecule has 0 fully saturated rings. The molecule has 26 heavy (non-hydrogen) atoms. The highest BCUT2D eigenvalue weighted by atomic mass is 32.2. The van der Waals surface area contributed by atoms with Crippen molar-refractivity contribution in [3.63, 3.8) is 0 Å². The minimum absolute atomic E-state index is 0.0663. The average molecular weight is 374 g/mol. The van der Waals surface area contributed by atoms with Gasteiger partial charge in [-0.25, -0.2) is 13.1 Å². The summed E-state index contributed by atoms with van der Waals surface area (Å²) in [5, 5.41) is 6.62. The number of rotatable bonds is 7. The summed E-state index contributed by atoms with van der Waals surface area (Å²) in [6.07, 6.45) is 3.57. The van der Waals surface area contributed by atoms with Crippen LogP contribution in [0, 0.1) is 0 Å². The zero-order chi connectivity index (χ0) is 18.6. The van der Waals surface area contributed by atoms with Crippen LogP contribution in [0.25, 0.3) is 0 Å². The topological polar surface area (TPSA) is 106 Å². The normalized spacial score (nSPS) is 11.4. The highest BCUT2D eigenvalue weighted by Gasteiger charge is 2.19. The summed E-state index contributed by atoms with van der Waals surface area (Å²) in [6.45, 7) is 0.870. The highest BCUT2D eigenvalue weighted by Crippen LogP contribution is 2.14. The van der Waals surface area contributed by atoms with Crippen LogP contribution < -0.4 is 10.0 Å². The number of nitrogens with one attached hydrogen (secondary N) is 2. The SMILES string of the molecule is CNS(=O)(=O)c1ccc(C(=O)NCc2ccccc2Cn2cccn2)o1. The Morgan fingerprint density at radius 1 is 1.15 bits per heavy atom. The first-order valence-corrected chi connectivity index (χ1v) is 9.34. The smallest absolute Gasteiger partial charge is 0.287 e. The van der Waals surface area contributed by atoms with E-state index in [-0.39, 0.29) is 17.4 Å². The first-order valence-electron chi connectivity index (χ1n) is 7.85. The van der Waals surface area contributed by atoms with E-state index in [0.717, 1.165) is 11.1 Å². The molecule has 8 nitrogen and oxygen atoms in total. The summed E-state index contributed by atoms with van der Waals surface area (Å²) in [4.78, 5) is 12.2. The summed E-state index contributed by atoms with van der Waals surface area (Å²) in [5.74, 6) is -0.556. The minimum atomic E-state index is -3.72. The molecule has 0 unspecified atom stereocenters. The van der Waals surface area contributed by atoms with Gasteiger partial charge < -0.3 is 9.73 Å². The molecule has 0 bridgehead atoms. The molecular formula is C17H18N4O4S. The predicted molar refractivity (Wildman–Crippen MR) is 93.9 cm³/mol. The van der Waals surface area contributed by atoms with E-state index in [1.54, 1.807) is 10.9 Å². The van der Waals surface area contributed by atoms with Gasteiger partial charge in [0.05, 0.1) is 6.54 Å². The largest absolute Gasteiger partial charge is 0.438 e. The van der Waals surface area contributed by atoms with E-state index in [1.807, 2.05) is 36.5 Å². The molecule has 2 heterocycles. The molecule has 1 aromatic carbocycles. The van der Waals surface area contributed by atoms with Crippen molar-refractivity contribution in [3.8, 4) is 0 Å². The number of nitrogens with zero attached hydrogens (tertiary/aromatic N) is 2. The molecule has 136 valence electrons.